The number of hydrogen-bond donors (Lipinski definition) is 9. The zero-order valence-corrected chi connectivity index (χ0v) is 18.5. The van der Waals surface area contributed by atoms with Gasteiger partial charge in [-0.3, -0.25) is 19.2 Å². The summed E-state index contributed by atoms with van der Waals surface area (Å²) >= 11 is 0. The number of primary amides is 1. The molecule has 0 saturated carbocycles. The molecule has 15 nitrogen and oxygen atoms in total. The number of amides is 4. The number of nitrogens with zero attached hydrogens (tertiary/aromatic N) is 1. The zero-order valence-electron chi connectivity index (χ0n) is 18.5. The molecule has 0 aliphatic carbocycles. The average Bonchev–Trinajstić information content (AvgIpc) is 3.28. The van der Waals surface area contributed by atoms with Crippen LogP contribution in [0.2, 0.25) is 0 Å². The first-order chi connectivity index (χ1) is 16.1. The van der Waals surface area contributed by atoms with Crippen LogP contribution < -0.4 is 33.2 Å². The van der Waals surface area contributed by atoms with E-state index in [-0.39, 0.29) is 12.8 Å². The number of carbonyl (C=O) groups excluding carboxylic acids is 4. The van der Waals surface area contributed by atoms with Crippen LogP contribution in [0.5, 0.6) is 0 Å². The first-order valence-corrected chi connectivity index (χ1v) is 10.5. The van der Waals surface area contributed by atoms with Crippen molar-refractivity contribution in [3.05, 3.63) is 18.2 Å². The lowest BCUT2D eigenvalue weighted by atomic mass is 10.1. The van der Waals surface area contributed by atoms with E-state index in [4.69, 9.17) is 22.3 Å². The van der Waals surface area contributed by atoms with Crippen molar-refractivity contribution < 1.29 is 34.2 Å². The molecule has 1 aromatic heterocycles. The van der Waals surface area contributed by atoms with Gasteiger partial charge in [-0.25, -0.2) is 9.78 Å². The quantitative estimate of drug-likeness (QED) is 0.102. The molecule has 34 heavy (non-hydrogen) atoms. The highest BCUT2D eigenvalue weighted by Gasteiger charge is 2.30. The molecular formula is C19H32N8O7. The van der Waals surface area contributed by atoms with Gasteiger partial charge in [-0.2, -0.15) is 0 Å². The van der Waals surface area contributed by atoms with Gasteiger partial charge < -0.3 is 48.3 Å². The summed E-state index contributed by atoms with van der Waals surface area (Å²) in [5.74, 6) is -4.65. The van der Waals surface area contributed by atoms with Crippen molar-refractivity contribution in [2.24, 2.45) is 17.2 Å². The van der Waals surface area contributed by atoms with Crippen molar-refractivity contribution in [1.82, 2.24) is 25.9 Å². The molecule has 4 amide bonds. The number of H-pyrrole nitrogens is 1. The lowest BCUT2D eigenvalue weighted by molar-refractivity contribution is -0.143. The van der Waals surface area contributed by atoms with E-state index < -0.39 is 66.8 Å². The number of nitrogens with two attached hydrogens (primary N) is 3. The summed E-state index contributed by atoms with van der Waals surface area (Å²) < 4.78 is 0. The van der Waals surface area contributed by atoms with Crippen molar-refractivity contribution in [2.45, 2.75) is 56.3 Å². The fraction of sp³-hybridized carbons (Fsp3) is 0.579. The molecule has 0 aliphatic heterocycles. The van der Waals surface area contributed by atoms with Crippen LogP contribution >= 0.6 is 0 Å². The summed E-state index contributed by atoms with van der Waals surface area (Å²) in [6.07, 6.45) is 3.44. The van der Waals surface area contributed by atoms with E-state index in [1.165, 1.54) is 12.5 Å². The molecule has 15 heteroatoms. The third-order valence-corrected chi connectivity index (χ3v) is 4.75. The standard InChI is InChI=1S/C19H32N8O7/c20-4-2-1-3-12(25-16(30)11(21)6-15(22)29)17(31)26-13(5-10-7-23-9-24-10)18(32)27-14(8-28)19(33)34/h7,9,11-14,28H,1-6,8,20-21H2,(H2,22,29)(H,23,24)(H,25,30)(H,26,31)(H,27,32)(H,33,34). The number of carbonyl (C=O) groups is 5. The normalized spacial score (nSPS) is 14.3. The Labute approximate surface area is 195 Å². The predicted octanol–water partition coefficient (Wildman–Crippen LogP) is -4.18. The van der Waals surface area contributed by atoms with Crippen LogP contribution in [0.15, 0.2) is 12.5 Å². The molecule has 1 aromatic rings. The Morgan fingerprint density at radius 1 is 1.00 bits per heavy atom. The lowest BCUT2D eigenvalue weighted by Gasteiger charge is -2.24. The molecule has 0 aliphatic rings. The molecule has 0 bridgehead atoms. The second-order valence-electron chi connectivity index (χ2n) is 7.55. The van der Waals surface area contributed by atoms with Crippen molar-refractivity contribution >= 4 is 29.6 Å². The topological polar surface area (TPSA) is 269 Å². The number of rotatable bonds is 16. The number of unbranched alkanes of at least 4 members (excludes halogenated alkanes) is 1. The number of carboxylic acid groups (broad SMARTS) is 1. The molecule has 0 saturated heterocycles. The van der Waals surface area contributed by atoms with E-state index in [0.29, 0.717) is 25.1 Å². The molecule has 12 N–H and O–H groups in total. The maximum Gasteiger partial charge on any atom is 0.328 e. The van der Waals surface area contributed by atoms with E-state index in [0.717, 1.165) is 0 Å². The van der Waals surface area contributed by atoms with Crippen molar-refractivity contribution in [2.75, 3.05) is 13.2 Å². The summed E-state index contributed by atoms with van der Waals surface area (Å²) in [7, 11) is 0. The van der Waals surface area contributed by atoms with Gasteiger partial charge in [-0.15, -0.1) is 0 Å². The molecule has 0 aromatic carbocycles. The van der Waals surface area contributed by atoms with E-state index >= 15 is 0 Å². The first-order valence-electron chi connectivity index (χ1n) is 10.5. The molecular weight excluding hydrogens is 452 g/mol. The lowest BCUT2D eigenvalue weighted by Crippen LogP contribution is -2.58. The van der Waals surface area contributed by atoms with Crippen molar-refractivity contribution in [3.63, 3.8) is 0 Å². The molecule has 4 atom stereocenters. The van der Waals surface area contributed by atoms with E-state index in [9.17, 15) is 29.1 Å². The number of nitrogens with one attached hydrogen (secondary N) is 4. The number of aromatic nitrogens is 2. The van der Waals surface area contributed by atoms with Crippen molar-refractivity contribution in [1.29, 1.82) is 0 Å². The number of aliphatic hydroxyl groups excluding tert-OH is 1. The van der Waals surface area contributed by atoms with Crippen LogP contribution in [0.25, 0.3) is 0 Å². The number of aliphatic carboxylic acids is 1. The van der Waals surface area contributed by atoms with Gasteiger partial charge in [-0.05, 0) is 25.8 Å². The number of carboxylic acids is 1. The molecule has 190 valence electrons. The Morgan fingerprint density at radius 3 is 2.15 bits per heavy atom. The molecule has 0 spiro atoms. The minimum atomic E-state index is -1.58. The highest BCUT2D eigenvalue weighted by Crippen LogP contribution is 2.05. The summed E-state index contributed by atoms with van der Waals surface area (Å²) in [5, 5.41) is 25.3. The third-order valence-electron chi connectivity index (χ3n) is 4.75. The number of aliphatic hydroxyl groups is 1. The van der Waals surface area contributed by atoms with E-state index in [1.54, 1.807) is 0 Å². The van der Waals surface area contributed by atoms with Crippen LogP contribution in [-0.2, 0) is 30.4 Å². The van der Waals surface area contributed by atoms with Gasteiger partial charge in [0.05, 0.1) is 25.4 Å². The predicted molar refractivity (Wildman–Crippen MR) is 117 cm³/mol. The highest BCUT2D eigenvalue weighted by molar-refractivity contribution is 5.95. The summed E-state index contributed by atoms with van der Waals surface area (Å²) in [5.41, 5.74) is 16.6. The van der Waals surface area contributed by atoms with Gasteiger partial charge in [0.25, 0.3) is 0 Å². The Balaban J connectivity index is 3.01. The Kier molecular flexibility index (Phi) is 12.2. The van der Waals surface area contributed by atoms with Gasteiger partial charge in [0, 0.05) is 18.3 Å². The smallest absolute Gasteiger partial charge is 0.328 e. The van der Waals surface area contributed by atoms with Crippen LogP contribution in [-0.4, -0.2) is 87.1 Å². The monoisotopic (exact) mass is 484 g/mol. The third kappa shape index (κ3) is 9.93. The zero-order chi connectivity index (χ0) is 25.7. The maximum absolute atomic E-state index is 13.0. The second kappa shape index (κ2) is 14.6. The number of imidazole rings is 1. The fourth-order valence-electron chi connectivity index (χ4n) is 2.91. The van der Waals surface area contributed by atoms with E-state index in [1.807, 2.05) is 0 Å². The molecule has 1 heterocycles. The molecule has 4 unspecified atom stereocenters. The Morgan fingerprint density at radius 2 is 1.62 bits per heavy atom. The van der Waals surface area contributed by atoms with Crippen molar-refractivity contribution in [3.8, 4) is 0 Å². The van der Waals surface area contributed by atoms with Gasteiger partial charge in [-0.1, -0.05) is 0 Å². The van der Waals surface area contributed by atoms with E-state index in [2.05, 4.69) is 25.9 Å². The first kappa shape index (κ1) is 28.5. The maximum atomic E-state index is 13.0. The van der Waals surface area contributed by atoms with Gasteiger partial charge in [0.15, 0.2) is 0 Å². The Bertz CT molecular complexity index is 833. The summed E-state index contributed by atoms with van der Waals surface area (Å²) in [6.45, 7) is -0.507. The van der Waals surface area contributed by atoms with Gasteiger partial charge >= 0.3 is 5.97 Å². The SMILES string of the molecule is NCCCCC(NC(=O)C(N)CC(N)=O)C(=O)NC(Cc1cnc[nH]1)C(=O)NC(CO)C(=O)O. The number of aromatic amines is 1. The Hall–Kier alpha value is -3.56. The molecule has 0 fully saturated rings. The van der Waals surface area contributed by atoms with Gasteiger partial charge in [0.1, 0.15) is 18.1 Å². The van der Waals surface area contributed by atoms with Crippen LogP contribution in [0, 0.1) is 0 Å². The summed E-state index contributed by atoms with van der Waals surface area (Å²) in [6, 6.07) is -5.24. The van der Waals surface area contributed by atoms with Crippen LogP contribution in [0.1, 0.15) is 31.4 Å². The second-order valence-corrected chi connectivity index (χ2v) is 7.55. The highest BCUT2D eigenvalue weighted by atomic mass is 16.4. The molecule has 0 radical (unpaired) electrons. The minimum Gasteiger partial charge on any atom is -0.480 e. The largest absolute Gasteiger partial charge is 0.480 e. The fourth-order valence-corrected chi connectivity index (χ4v) is 2.91. The van der Waals surface area contributed by atoms with Gasteiger partial charge in [0.2, 0.25) is 23.6 Å². The summed E-state index contributed by atoms with van der Waals surface area (Å²) in [4.78, 5) is 66.8. The number of hydrogen-bond acceptors (Lipinski definition) is 9. The van der Waals surface area contributed by atoms with Crippen LogP contribution in [0.4, 0.5) is 0 Å². The van der Waals surface area contributed by atoms with Crippen LogP contribution in [0.3, 0.4) is 0 Å². The average molecular weight is 485 g/mol. The minimum absolute atomic E-state index is 0.0833. The molecule has 1 rings (SSSR count).